The zero-order valence-electron chi connectivity index (χ0n) is 5.54. The van der Waals surface area contributed by atoms with Crippen LogP contribution in [0.1, 0.15) is 0 Å². The van der Waals surface area contributed by atoms with Gasteiger partial charge in [0, 0.05) is 5.69 Å². The number of nitrogens with zero attached hydrogens (tertiary/aromatic N) is 1. The van der Waals surface area contributed by atoms with Gasteiger partial charge in [-0.3, -0.25) is 0 Å². The van der Waals surface area contributed by atoms with Crippen LogP contribution in [0.4, 0.5) is 15.8 Å². The lowest BCUT2D eigenvalue weighted by Crippen LogP contribution is -1.84. The first kappa shape index (κ1) is 7.44. The summed E-state index contributed by atoms with van der Waals surface area (Å²) in [5.41, 5.74) is 5.58. The predicted octanol–water partition coefficient (Wildman–Crippen LogP) is 1.38. The Balaban J connectivity index is 3.22. The summed E-state index contributed by atoms with van der Waals surface area (Å²) in [6.07, 6.45) is 1.23. The van der Waals surface area contributed by atoms with Crippen LogP contribution in [0.15, 0.2) is 23.2 Å². The van der Waals surface area contributed by atoms with Crippen LogP contribution in [-0.4, -0.2) is 6.08 Å². The lowest BCUT2D eigenvalue weighted by Gasteiger charge is -1.94. The second-order valence-corrected chi connectivity index (χ2v) is 1.91. The Kier molecular flexibility index (Phi) is 1.99. The molecule has 2 N–H and O–H groups in total. The Morgan fingerprint density at radius 2 is 2.27 bits per heavy atom. The summed E-state index contributed by atoms with van der Waals surface area (Å²) in [6.45, 7) is 0. The fourth-order valence-electron chi connectivity index (χ4n) is 0.665. The summed E-state index contributed by atoms with van der Waals surface area (Å²) < 4.78 is 12.6. The third kappa shape index (κ3) is 1.63. The Morgan fingerprint density at radius 3 is 2.91 bits per heavy atom. The van der Waals surface area contributed by atoms with Crippen molar-refractivity contribution in [1.82, 2.24) is 0 Å². The van der Waals surface area contributed by atoms with Crippen LogP contribution in [0.5, 0.6) is 0 Å². The number of hydrogen-bond acceptors (Lipinski definition) is 3. The number of hydrogen-bond donors (Lipinski definition) is 1. The standard InChI is InChI=1S/C7H5FN2O/c8-6-2-1-5(9)3-7(6)10-4-11/h1-3H,9H2. The SMILES string of the molecule is Nc1ccc(F)c(N=C=O)c1. The summed E-state index contributed by atoms with van der Waals surface area (Å²) in [7, 11) is 0. The molecule has 0 saturated heterocycles. The number of nitrogen functional groups attached to an aromatic ring is 1. The lowest BCUT2D eigenvalue weighted by atomic mass is 10.3. The zero-order valence-corrected chi connectivity index (χ0v) is 5.54. The van der Waals surface area contributed by atoms with Gasteiger partial charge in [-0.25, -0.2) is 9.18 Å². The first-order valence-corrected chi connectivity index (χ1v) is 2.87. The van der Waals surface area contributed by atoms with Crippen molar-refractivity contribution >= 4 is 17.5 Å². The predicted molar refractivity (Wildman–Crippen MR) is 38.6 cm³/mol. The summed E-state index contributed by atoms with van der Waals surface area (Å²) in [5.74, 6) is -0.581. The van der Waals surface area contributed by atoms with Gasteiger partial charge in [0.1, 0.15) is 11.5 Å². The van der Waals surface area contributed by atoms with E-state index in [4.69, 9.17) is 5.73 Å². The van der Waals surface area contributed by atoms with Crippen molar-refractivity contribution in [2.45, 2.75) is 0 Å². The molecule has 0 heterocycles. The molecule has 0 spiro atoms. The molecular weight excluding hydrogens is 147 g/mol. The molecule has 0 amide bonds. The van der Waals surface area contributed by atoms with Gasteiger partial charge in [0.2, 0.25) is 6.08 Å². The van der Waals surface area contributed by atoms with Gasteiger partial charge in [0.15, 0.2) is 0 Å². The Bertz CT molecular complexity index is 318. The van der Waals surface area contributed by atoms with E-state index in [2.05, 4.69) is 4.99 Å². The molecule has 0 aliphatic carbocycles. The minimum absolute atomic E-state index is 0.0833. The molecule has 0 aromatic heterocycles. The second-order valence-electron chi connectivity index (χ2n) is 1.91. The largest absolute Gasteiger partial charge is 0.399 e. The van der Waals surface area contributed by atoms with Crippen molar-refractivity contribution in [3.05, 3.63) is 24.0 Å². The van der Waals surface area contributed by atoms with Gasteiger partial charge in [-0.05, 0) is 18.2 Å². The molecule has 0 radical (unpaired) electrons. The van der Waals surface area contributed by atoms with Crippen molar-refractivity contribution in [3.63, 3.8) is 0 Å². The molecule has 0 aliphatic rings. The normalized spacial score (nSPS) is 8.82. The molecule has 0 bridgehead atoms. The van der Waals surface area contributed by atoms with E-state index in [9.17, 15) is 9.18 Å². The Labute approximate surface area is 62.4 Å². The van der Waals surface area contributed by atoms with Crippen LogP contribution in [0.3, 0.4) is 0 Å². The van der Waals surface area contributed by atoms with Crippen LogP contribution < -0.4 is 5.73 Å². The minimum Gasteiger partial charge on any atom is -0.399 e. The van der Waals surface area contributed by atoms with E-state index in [1.807, 2.05) is 0 Å². The monoisotopic (exact) mass is 152 g/mol. The van der Waals surface area contributed by atoms with Gasteiger partial charge in [0.05, 0.1) is 0 Å². The van der Waals surface area contributed by atoms with Crippen LogP contribution >= 0.6 is 0 Å². The first-order valence-electron chi connectivity index (χ1n) is 2.87. The number of aliphatic imine (C=N–C) groups is 1. The Hall–Kier alpha value is -1.67. The smallest absolute Gasteiger partial charge is 0.240 e. The van der Waals surface area contributed by atoms with Gasteiger partial charge in [-0.15, -0.1) is 0 Å². The summed E-state index contributed by atoms with van der Waals surface area (Å²) >= 11 is 0. The highest BCUT2D eigenvalue weighted by molar-refractivity contribution is 5.56. The van der Waals surface area contributed by atoms with E-state index < -0.39 is 5.82 Å². The molecule has 11 heavy (non-hydrogen) atoms. The third-order valence-electron chi connectivity index (χ3n) is 1.14. The molecule has 0 atom stereocenters. The maximum absolute atomic E-state index is 12.6. The molecule has 0 aliphatic heterocycles. The molecule has 4 heteroatoms. The zero-order chi connectivity index (χ0) is 8.27. The van der Waals surface area contributed by atoms with Crippen molar-refractivity contribution in [3.8, 4) is 0 Å². The molecule has 0 saturated carbocycles. The van der Waals surface area contributed by atoms with Crippen LogP contribution in [0.25, 0.3) is 0 Å². The number of nitrogens with two attached hydrogens (primary N) is 1. The molecule has 56 valence electrons. The first-order chi connectivity index (χ1) is 5.24. The summed E-state index contributed by atoms with van der Waals surface area (Å²) in [5, 5.41) is 0. The quantitative estimate of drug-likeness (QED) is 0.375. The topological polar surface area (TPSA) is 55.4 Å². The average Bonchev–Trinajstić information content (AvgIpc) is 1.98. The highest BCUT2D eigenvalue weighted by Crippen LogP contribution is 2.19. The van der Waals surface area contributed by atoms with Gasteiger partial charge in [0.25, 0.3) is 0 Å². The summed E-state index contributed by atoms with van der Waals surface area (Å²) in [4.78, 5) is 12.8. The molecule has 0 unspecified atom stereocenters. The lowest BCUT2D eigenvalue weighted by molar-refractivity contribution is 0.564. The van der Waals surface area contributed by atoms with E-state index in [1.54, 1.807) is 0 Å². The number of carbonyl (C=O) groups excluding carboxylic acids is 1. The molecule has 3 nitrogen and oxygen atoms in total. The minimum atomic E-state index is -0.581. The second kappa shape index (κ2) is 2.94. The van der Waals surface area contributed by atoms with Crippen molar-refractivity contribution in [2.24, 2.45) is 4.99 Å². The highest BCUT2D eigenvalue weighted by Gasteiger charge is 1.98. The Morgan fingerprint density at radius 1 is 1.55 bits per heavy atom. The number of anilines is 1. The van der Waals surface area contributed by atoms with Crippen molar-refractivity contribution < 1.29 is 9.18 Å². The molecule has 1 aromatic rings. The number of benzene rings is 1. The van der Waals surface area contributed by atoms with Gasteiger partial charge >= 0.3 is 0 Å². The van der Waals surface area contributed by atoms with Gasteiger partial charge in [-0.2, -0.15) is 4.99 Å². The maximum atomic E-state index is 12.6. The van der Waals surface area contributed by atoms with Crippen molar-refractivity contribution in [2.75, 3.05) is 5.73 Å². The van der Waals surface area contributed by atoms with Gasteiger partial charge in [-0.1, -0.05) is 0 Å². The van der Waals surface area contributed by atoms with Crippen molar-refractivity contribution in [1.29, 1.82) is 0 Å². The van der Waals surface area contributed by atoms with E-state index in [1.165, 1.54) is 18.2 Å². The number of isocyanates is 1. The fourth-order valence-corrected chi connectivity index (χ4v) is 0.665. The third-order valence-corrected chi connectivity index (χ3v) is 1.14. The highest BCUT2D eigenvalue weighted by atomic mass is 19.1. The molecule has 1 aromatic carbocycles. The van der Waals surface area contributed by atoms with E-state index >= 15 is 0 Å². The molecule has 1 rings (SSSR count). The number of halogens is 1. The fraction of sp³-hybridized carbons (Fsp3) is 0. The van der Waals surface area contributed by atoms with E-state index in [-0.39, 0.29) is 5.69 Å². The van der Waals surface area contributed by atoms with E-state index in [0.29, 0.717) is 5.69 Å². The van der Waals surface area contributed by atoms with Crippen LogP contribution in [0, 0.1) is 5.82 Å². The van der Waals surface area contributed by atoms with E-state index in [0.717, 1.165) is 6.07 Å². The van der Waals surface area contributed by atoms with Crippen LogP contribution in [0.2, 0.25) is 0 Å². The maximum Gasteiger partial charge on any atom is 0.240 e. The molecular formula is C7H5FN2O. The molecule has 0 fully saturated rings. The van der Waals surface area contributed by atoms with Gasteiger partial charge < -0.3 is 5.73 Å². The average molecular weight is 152 g/mol. The number of rotatable bonds is 1. The van der Waals surface area contributed by atoms with Crippen LogP contribution in [-0.2, 0) is 4.79 Å². The summed E-state index contributed by atoms with van der Waals surface area (Å²) in [6, 6.07) is 3.80.